The number of nitrogens with one attached hydrogen (secondary N) is 1. The van der Waals surface area contributed by atoms with E-state index in [1.54, 1.807) is 18.3 Å². The Labute approximate surface area is 158 Å². The number of hydrogen-bond donors (Lipinski definition) is 1. The molecule has 1 aromatic heterocycles. The first-order valence-electron chi connectivity index (χ1n) is 8.71. The second-order valence-corrected chi connectivity index (χ2v) is 9.50. The molecule has 3 rings (SSSR count). The lowest BCUT2D eigenvalue weighted by molar-refractivity contribution is 0.282. The summed E-state index contributed by atoms with van der Waals surface area (Å²) in [6, 6.07) is 7.74. The number of rotatable bonds is 7. The van der Waals surface area contributed by atoms with Gasteiger partial charge in [0.15, 0.2) is 0 Å². The maximum absolute atomic E-state index is 11.9. The van der Waals surface area contributed by atoms with E-state index in [1.165, 1.54) is 11.3 Å². The lowest BCUT2D eigenvalue weighted by Crippen LogP contribution is -2.40. The van der Waals surface area contributed by atoms with E-state index in [-0.39, 0.29) is 5.75 Å². The molecule has 142 valence electrons. The summed E-state index contributed by atoms with van der Waals surface area (Å²) in [5, 5.41) is 13.4. The fraction of sp³-hybridized carbons (Fsp3) is 0.529. The van der Waals surface area contributed by atoms with Crippen molar-refractivity contribution in [1.29, 1.82) is 0 Å². The van der Waals surface area contributed by atoms with E-state index in [4.69, 9.17) is 4.74 Å². The number of aromatic nitrogens is 2. The van der Waals surface area contributed by atoms with Gasteiger partial charge in [0.2, 0.25) is 15.2 Å². The van der Waals surface area contributed by atoms with E-state index in [0.717, 1.165) is 40.8 Å². The molecular formula is C17H24N4O3S2. The molecule has 2 aromatic rings. The molecule has 9 heteroatoms. The summed E-state index contributed by atoms with van der Waals surface area (Å²) in [6.45, 7) is 3.70. The molecule has 0 bridgehead atoms. The highest BCUT2D eigenvalue weighted by Crippen LogP contribution is 2.28. The van der Waals surface area contributed by atoms with Crippen molar-refractivity contribution in [2.75, 3.05) is 37.8 Å². The normalized spacial score (nSPS) is 16.5. The zero-order valence-electron chi connectivity index (χ0n) is 15.0. The summed E-state index contributed by atoms with van der Waals surface area (Å²) in [4.78, 5) is 0. The number of hydrogen-bond acceptors (Lipinski definition) is 7. The van der Waals surface area contributed by atoms with Crippen molar-refractivity contribution in [2.45, 2.75) is 19.8 Å². The Morgan fingerprint density at radius 1 is 1.23 bits per heavy atom. The van der Waals surface area contributed by atoms with Gasteiger partial charge in [-0.15, -0.1) is 10.2 Å². The van der Waals surface area contributed by atoms with Crippen molar-refractivity contribution < 1.29 is 13.2 Å². The Kier molecular flexibility index (Phi) is 6.10. The summed E-state index contributed by atoms with van der Waals surface area (Å²) < 4.78 is 30.6. The molecule has 1 N–H and O–H groups in total. The molecule has 0 saturated carbocycles. The molecule has 26 heavy (non-hydrogen) atoms. The highest BCUT2D eigenvalue weighted by Gasteiger charge is 2.26. The third-order valence-electron chi connectivity index (χ3n) is 4.64. The molecule has 2 heterocycles. The van der Waals surface area contributed by atoms with Crippen molar-refractivity contribution >= 4 is 26.5 Å². The van der Waals surface area contributed by atoms with Gasteiger partial charge in [-0.2, -0.15) is 0 Å². The Morgan fingerprint density at radius 2 is 1.92 bits per heavy atom. The highest BCUT2D eigenvalue weighted by molar-refractivity contribution is 7.89. The number of nitrogens with zero attached hydrogens (tertiary/aromatic N) is 3. The van der Waals surface area contributed by atoms with Gasteiger partial charge in [-0.1, -0.05) is 11.3 Å². The molecule has 1 fully saturated rings. The molecule has 1 saturated heterocycles. The van der Waals surface area contributed by atoms with Crippen LogP contribution in [0.2, 0.25) is 0 Å². The first kappa shape index (κ1) is 19.1. The Morgan fingerprint density at radius 3 is 2.54 bits per heavy atom. The first-order chi connectivity index (χ1) is 12.5. The minimum Gasteiger partial charge on any atom is -0.497 e. The van der Waals surface area contributed by atoms with Crippen LogP contribution in [0.5, 0.6) is 5.75 Å². The van der Waals surface area contributed by atoms with Gasteiger partial charge in [0.25, 0.3) is 0 Å². The van der Waals surface area contributed by atoms with Crippen molar-refractivity contribution in [3.63, 3.8) is 0 Å². The third-order valence-corrected chi connectivity index (χ3v) is 7.45. The first-order valence-corrected chi connectivity index (χ1v) is 11.1. The molecule has 7 nitrogen and oxygen atoms in total. The second-order valence-electron chi connectivity index (χ2n) is 6.26. The van der Waals surface area contributed by atoms with Gasteiger partial charge in [-0.3, -0.25) is 0 Å². The molecule has 1 aliphatic rings. The van der Waals surface area contributed by atoms with Crippen LogP contribution in [-0.2, 0) is 10.0 Å². The van der Waals surface area contributed by atoms with Gasteiger partial charge in [0, 0.05) is 25.2 Å². The lowest BCUT2D eigenvalue weighted by atomic mass is 9.98. The van der Waals surface area contributed by atoms with Crippen molar-refractivity contribution in [1.82, 2.24) is 14.5 Å². The Bertz CT molecular complexity index is 813. The molecule has 0 aliphatic carbocycles. The largest absolute Gasteiger partial charge is 0.497 e. The monoisotopic (exact) mass is 396 g/mol. The SMILES string of the molecule is CCS(=O)(=O)N1CCC(CNc2nnc(-c3ccc(OC)cc3)s2)CC1. The van der Waals surface area contributed by atoms with E-state index in [1.807, 2.05) is 24.3 Å². The van der Waals surface area contributed by atoms with Crippen molar-refractivity contribution in [3.05, 3.63) is 24.3 Å². The van der Waals surface area contributed by atoms with Crippen molar-refractivity contribution in [2.24, 2.45) is 5.92 Å². The summed E-state index contributed by atoms with van der Waals surface area (Å²) in [5.41, 5.74) is 1.01. The van der Waals surface area contributed by atoms with Crippen LogP contribution in [0.1, 0.15) is 19.8 Å². The van der Waals surface area contributed by atoms with E-state index < -0.39 is 10.0 Å². The Balaban J connectivity index is 1.51. The summed E-state index contributed by atoms with van der Waals surface area (Å²) in [6.07, 6.45) is 1.74. The number of methoxy groups -OCH3 is 1. The Hall–Kier alpha value is -1.71. The molecular weight excluding hydrogens is 372 g/mol. The molecule has 1 aromatic carbocycles. The third kappa shape index (κ3) is 4.52. The summed E-state index contributed by atoms with van der Waals surface area (Å²) in [7, 11) is -1.42. The summed E-state index contributed by atoms with van der Waals surface area (Å²) >= 11 is 1.52. The maximum Gasteiger partial charge on any atom is 0.213 e. The van der Waals surface area contributed by atoms with Crippen LogP contribution in [0, 0.1) is 5.92 Å². The molecule has 1 aliphatic heterocycles. The van der Waals surface area contributed by atoms with E-state index >= 15 is 0 Å². The van der Waals surface area contributed by atoms with Crippen LogP contribution < -0.4 is 10.1 Å². The van der Waals surface area contributed by atoms with Crippen LogP contribution >= 0.6 is 11.3 Å². The average Bonchev–Trinajstić information content (AvgIpc) is 3.16. The molecule has 0 amide bonds. The highest BCUT2D eigenvalue weighted by atomic mass is 32.2. The standard InChI is InChI=1S/C17H24N4O3S2/c1-3-26(22,23)21-10-8-13(9-11-21)12-18-17-20-19-16(25-17)14-4-6-15(24-2)7-5-14/h4-7,13H,3,8-12H2,1-2H3,(H,18,20). The minimum absolute atomic E-state index is 0.175. The zero-order chi connectivity index (χ0) is 18.6. The van der Waals surface area contributed by atoms with Gasteiger partial charge < -0.3 is 10.1 Å². The smallest absolute Gasteiger partial charge is 0.213 e. The maximum atomic E-state index is 11.9. The van der Waals surface area contributed by atoms with Gasteiger partial charge >= 0.3 is 0 Å². The number of piperidine rings is 1. The predicted octanol–water partition coefficient (Wildman–Crippen LogP) is 2.69. The van der Waals surface area contributed by atoms with Crippen LogP contribution in [0.25, 0.3) is 10.6 Å². The van der Waals surface area contributed by atoms with E-state index in [9.17, 15) is 8.42 Å². The molecule has 0 spiro atoms. The topological polar surface area (TPSA) is 84.4 Å². The fourth-order valence-electron chi connectivity index (χ4n) is 2.95. The predicted molar refractivity (Wildman–Crippen MR) is 104 cm³/mol. The second kappa shape index (κ2) is 8.32. The van der Waals surface area contributed by atoms with Crippen LogP contribution in [0.3, 0.4) is 0 Å². The average molecular weight is 397 g/mol. The number of anilines is 1. The van der Waals surface area contributed by atoms with Gasteiger partial charge in [0.05, 0.1) is 12.9 Å². The van der Waals surface area contributed by atoms with E-state index in [2.05, 4.69) is 15.5 Å². The quantitative estimate of drug-likeness (QED) is 0.775. The van der Waals surface area contributed by atoms with Crippen molar-refractivity contribution in [3.8, 4) is 16.3 Å². The van der Waals surface area contributed by atoms with Gasteiger partial charge in [-0.25, -0.2) is 12.7 Å². The molecule has 0 radical (unpaired) electrons. The number of ether oxygens (including phenoxy) is 1. The number of sulfonamides is 1. The van der Waals surface area contributed by atoms with Gasteiger partial charge in [-0.05, 0) is 49.9 Å². The molecule has 0 unspecified atom stereocenters. The van der Waals surface area contributed by atoms with E-state index in [0.29, 0.717) is 19.0 Å². The van der Waals surface area contributed by atoms with Crippen LogP contribution in [0.4, 0.5) is 5.13 Å². The minimum atomic E-state index is -3.06. The lowest BCUT2D eigenvalue weighted by Gasteiger charge is -2.30. The zero-order valence-corrected chi connectivity index (χ0v) is 16.6. The number of benzene rings is 1. The summed E-state index contributed by atoms with van der Waals surface area (Å²) in [5.74, 6) is 1.44. The van der Waals surface area contributed by atoms with Gasteiger partial charge in [0.1, 0.15) is 10.8 Å². The fourth-order valence-corrected chi connectivity index (χ4v) is 4.84. The molecule has 0 atom stereocenters. The van der Waals surface area contributed by atoms with Crippen LogP contribution in [0.15, 0.2) is 24.3 Å². The van der Waals surface area contributed by atoms with Crippen LogP contribution in [-0.4, -0.2) is 55.4 Å².